The summed E-state index contributed by atoms with van der Waals surface area (Å²) in [5.74, 6) is -0.774. The van der Waals surface area contributed by atoms with Crippen molar-refractivity contribution in [2.45, 2.75) is 39.7 Å². The molecule has 0 aliphatic rings. The van der Waals surface area contributed by atoms with E-state index in [9.17, 15) is 18.3 Å². The van der Waals surface area contributed by atoms with Crippen molar-refractivity contribution in [1.82, 2.24) is 4.57 Å². The third-order valence-corrected chi connectivity index (χ3v) is 6.20. The van der Waals surface area contributed by atoms with Gasteiger partial charge in [-0.1, -0.05) is 49.3 Å². The molecule has 9 heteroatoms. The van der Waals surface area contributed by atoms with Crippen LogP contribution in [0.3, 0.4) is 0 Å². The molecule has 0 atom stereocenters. The molecular weight excluding hydrogens is 444 g/mol. The monoisotopic (exact) mass is 472 g/mol. The number of aromatic nitrogens is 1. The van der Waals surface area contributed by atoms with E-state index in [0.29, 0.717) is 36.4 Å². The Kier molecular flexibility index (Phi) is 8.11. The number of benzene rings is 2. The molecule has 8 nitrogen and oxygen atoms in total. The summed E-state index contributed by atoms with van der Waals surface area (Å²) in [5.41, 5.74) is 2.78. The summed E-state index contributed by atoms with van der Waals surface area (Å²) in [7, 11) is -3.68. The number of carboxylic acids is 1. The summed E-state index contributed by atoms with van der Waals surface area (Å²) in [6, 6.07) is 14.3. The molecule has 0 aliphatic carbocycles. The second-order valence-corrected chi connectivity index (χ2v) is 9.30. The number of aliphatic carboxylic acids is 1. The lowest BCUT2D eigenvalue weighted by molar-refractivity contribution is -0.136. The molecule has 1 aromatic heterocycles. The Bertz CT molecular complexity index is 1250. The Hall–Kier alpha value is -3.33. The molecule has 0 saturated heterocycles. The van der Waals surface area contributed by atoms with E-state index < -0.39 is 16.1 Å². The molecule has 2 aromatic carbocycles. The zero-order valence-electron chi connectivity index (χ0n) is 18.7. The van der Waals surface area contributed by atoms with Crippen molar-refractivity contribution in [2.75, 3.05) is 12.4 Å². The van der Waals surface area contributed by atoms with Crippen LogP contribution in [0, 0.1) is 0 Å². The van der Waals surface area contributed by atoms with Crippen molar-refractivity contribution in [2.24, 2.45) is 5.16 Å². The molecule has 3 aromatic rings. The van der Waals surface area contributed by atoms with Crippen LogP contribution in [0.2, 0.25) is 0 Å². The van der Waals surface area contributed by atoms with Crippen molar-refractivity contribution in [3.05, 3.63) is 65.9 Å². The van der Waals surface area contributed by atoms with Gasteiger partial charge in [-0.25, -0.2) is 0 Å². The lowest BCUT2D eigenvalue weighted by Crippen LogP contribution is -2.15. The van der Waals surface area contributed by atoms with Gasteiger partial charge < -0.3 is 18.7 Å². The van der Waals surface area contributed by atoms with Crippen LogP contribution in [0.5, 0.6) is 5.75 Å². The Balaban J connectivity index is 1.98. The average molecular weight is 473 g/mol. The zero-order chi connectivity index (χ0) is 23.8. The number of hydrogen-bond donors (Lipinski definition) is 1. The second-order valence-electron chi connectivity index (χ2n) is 7.61. The highest BCUT2D eigenvalue weighted by atomic mass is 32.2. The van der Waals surface area contributed by atoms with Gasteiger partial charge in [-0.15, -0.1) is 0 Å². The third-order valence-electron chi connectivity index (χ3n) is 4.85. The molecule has 1 N–H and O–H groups in total. The highest BCUT2D eigenvalue weighted by Crippen LogP contribution is 2.24. The number of oxime groups is 1. The Morgan fingerprint density at radius 1 is 1.09 bits per heavy atom. The van der Waals surface area contributed by atoms with E-state index in [-0.39, 0.29) is 17.9 Å². The first-order chi connectivity index (χ1) is 15.8. The number of rotatable bonds is 12. The van der Waals surface area contributed by atoms with Gasteiger partial charge in [0.2, 0.25) is 0 Å². The van der Waals surface area contributed by atoms with Crippen molar-refractivity contribution in [3.63, 3.8) is 0 Å². The standard InChI is InChI=1S/C24H28N2O6S/c1-3-12-31-25-22(18-8-7-9-20(14-18)32-33(29,30)13-4-2)17-26-16-19(15-24(27)28)21-10-5-6-11-23(21)26/h5-11,14,16H,3-4,12-13,15,17H2,1-2H3,(H,27,28)/b25-22+. The van der Waals surface area contributed by atoms with Gasteiger partial charge in [0.15, 0.2) is 0 Å². The van der Waals surface area contributed by atoms with E-state index >= 15 is 0 Å². The third kappa shape index (κ3) is 6.58. The molecule has 176 valence electrons. The summed E-state index contributed by atoms with van der Waals surface area (Å²) < 4.78 is 31.3. The molecule has 33 heavy (non-hydrogen) atoms. The van der Waals surface area contributed by atoms with Crippen LogP contribution in [0.15, 0.2) is 59.9 Å². The van der Waals surface area contributed by atoms with Crippen LogP contribution in [0.25, 0.3) is 10.9 Å². The van der Waals surface area contributed by atoms with Crippen LogP contribution in [0.1, 0.15) is 37.8 Å². The maximum absolute atomic E-state index is 12.1. The number of fused-ring (bicyclic) bond motifs is 1. The number of nitrogens with zero attached hydrogens (tertiary/aromatic N) is 2. The van der Waals surface area contributed by atoms with Gasteiger partial charge in [-0.05, 0) is 36.6 Å². The molecule has 0 bridgehead atoms. The minimum atomic E-state index is -3.68. The maximum atomic E-state index is 12.1. The fourth-order valence-electron chi connectivity index (χ4n) is 3.47. The van der Waals surface area contributed by atoms with Crippen LogP contribution < -0.4 is 4.18 Å². The van der Waals surface area contributed by atoms with E-state index in [1.165, 1.54) is 0 Å². The smallest absolute Gasteiger partial charge is 0.309 e. The molecule has 1 heterocycles. The van der Waals surface area contributed by atoms with Gasteiger partial charge in [0, 0.05) is 22.7 Å². The minimum absolute atomic E-state index is 0.0699. The summed E-state index contributed by atoms with van der Waals surface area (Å²) in [4.78, 5) is 16.8. The van der Waals surface area contributed by atoms with E-state index in [0.717, 1.165) is 17.3 Å². The van der Waals surface area contributed by atoms with E-state index in [4.69, 9.17) is 9.02 Å². The SMILES string of the molecule is CCCO/N=C(\Cn1cc(CC(=O)O)c2ccccc21)c1cccc(OS(=O)(=O)CCC)c1. The van der Waals surface area contributed by atoms with Crippen LogP contribution in [-0.4, -0.2) is 42.1 Å². The fourth-order valence-corrected chi connectivity index (χ4v) is 4.45. The summed E-state index contributed by atoms with van der Waals surface area (Å²) >= 11 is 0. The second kappa shape index (κ2) is 11.0. The molecule has 0 radical (unpaired) electrons. The van der Waals surface area contributed by atoms with E-state index in [1.807, 2.05) is 35.8 Å². The quantitative estimate of drug-likeness (QED) is 0.183. The molecular formula is C24H28N2O6S. The lowest BCUT2D eigenvalue weighted by Gasteiger charge is -2.12. The minimum Gasteiger partial charge on any atom is -0.481 e. The number of carboxylic acid groups (broad SMARTS) is 1. The maximum Gasteiger partial charge on any atom is 0.309 e. The molecule has 0 fully saturated rings. The summed E-state index contributed by atoms with van der Waals surface area (Å²) in [6.45, 7) is 4.48. The first kappa shape index (κ1) is 24.3. The van der Waals surface area contributed by atoms with Gasteiger partial charge in [-0.3, -0.25) is 4.79 Å². The molecule has 0 spiro atoms. The Morgan fingerprint density at radius 3 is 2.61 bits per heavy atom. The molecule has 0 aliphatic heterocycles. The van der Waals surface area contributed by atoms with E-state index in [1.54, 1.807) is 37.4 Å². The van der Waals surface area contributed by atoms with Gasteiger partial charge in [0.1, 0.15) is 18.1 Å². The highest BCUT2D eigenvalue weighted by Gasteiger charge is 2.16. The van der Waals surface area contributed by atoms with Crippen molar-refractivity contribution >= 4 is 32.7 Å². The molecule has 0 saturated carbocycles. The first-order valence-electron chi connectivity index (χ1n) is 10.8. The zero-order valence-corrected chi connectivity index (χ0v) is 19.5. The van der Waals surface area contributed by atoms with Gasteiger partial charge in [0.05, 0.1) is 18.7 Å². The van der Waals surface area contributed by atoms with Gasteiger partial charge in [-0.2, -0.15) is 8.42 Å². The number of hydrogen-bond acceptors (Lipinski definition) is 6. The average Bonchev–Trinajstić information content (AvgIpc) is 3.09. The van der Waals surface area contributed by atoms with Crippen LogP contribution in [0.4, 0.5) is 0 Å². The molecule has 3 rings (SSSR count). The highest BCUT2D eigenvalue weighted by molar-refractivity contribution is 7.87. The Labute approximate surface area is 193 Å². The topological polar surface area (TPSA) is 107 Å². The van der Waals surface area contributed by atoms with Crippen molar-refractivity contribution in [3.8, 4) is 5.75 Å². The lowest BCUT2D eigenvalue weighted by atomic mass is 10.1. The first-order valence-corrected chi connectivity index (χ1v) is 12.4. The van der Waals surface area contributed by atoms with Gasteiger partial charge >= 0.3 is 16.1 Å². The summed E-state index contributed by atoms with van der Waals surface area (Å²) in [5, 5.41) is 14.4. The van der Waals surface area contributed by atoms with Crippen LogP contribution >= 0.6 is 0 Å². The predicted molar refractivity (Wildman–Crippen MR) is 127 cm³/mol. The Morgan fingerprint density at radius 2 is 1.88 bits per heavy atom. The summed E-state index contributed by atoms with van der Waals surface area (Å²) in [6.07, 6.45) is 2.95. The number of para-hydroxylation sites is 1. The molecule has 0 amide bonds. The van der Waals surface area contributed by atoms with Gasteiger partial charge in [0.25, 0.3) is 0 Å². The largest absolute Gasteiger partial charge is 0.481 e. The molecule has 0 unspecified atom stereocenters. The predicted octanol–water partition coefficient (Wildman–Crippen LogP) is 4.22. The fraction of sp³-hybridized carbons (Fsp3) is 0.333. The van der Waals surface area contributed by atoms with Crippen molar-refractivity contribution < 1.29 is 27.3 Å². The van der Waals surface area contributed by atoms with E-state index in [2.05, 4.69) is 5.16 Å². The number of carbonyl (C=O) groups is 1. The van der Waals surface area contributed by atoms with Crippen LogP contribution in [-0.2, 0) is 32.7 Å². The normalized spacial score (nSPS) is 12.1. The van der Waals surface area contributed by atoms with Crippen molar-refractivity contribution in [1.29, 1.82) is 0 Å².